The molecule has 4 heteroatoms. The highest BCUT2D eigenvalue weighted by Crippen LogP contribution is 2.36. The van der Waals surface area contributed by atoms with E-state index in [1.807, 2.05) is 72.8 Å². The Morgan fingerprint density at radius 3 is 2.31 bits per heavy atom. The van der Waals surface area contributed by atoms with E-state index in [0.29, 0.717) is 10.6 Å². The molecule has 0 saturated heterocycles. The molecule has 1 unspecified atom stereocenters. The molecule has 0 aliphatic carbocycles. The average Bonchev–Trinajstić information content (AvgIpc) is 2.74. The van der Waals surface area contributed by atoms with Crippen molar-refractivity contribution >= 4 is 28.3 Å². The quantitative estimate of drug-likeness (QED) is 0.454. The van der Waals surface area contributed by atoms with Crippen molar-refractivity contribution in [2.24, 2.45) is 0 Å². The molecule has 144 valence electrons. The van der Waals surface area contributed by atoms with Gasteiger partial charge in [-0.2, -0.15) is 0 Å². The van der Waals surface area contributed by atoms with Crippen LogP contribution >= 0.6 is 11.6 Å². The molecule has 1 amide bonds. The normalized spacial score (nSPS) is 11.9. The van der Waals surface area contributed by atoms with E-state index in [9.17, 15) is 9.90 Å². The van der Waals surface area contributed by atoms with Crippen LogP contribution in [0.1, 0.15) is 22.7 Å². The molecule has 0 spiro atoms. The van der Waals surface area contributed by atoms with Crippen LogP contribution in [-0.4, -0.2) is 11.0 Å². The first-order valence-corrected chi connectivity index (χ1v) is 9.79. The molecular formula is C25H20ClNO2. The summed E-state index contributed by atoms with van der Waals surface area (Å²) in [6.45, 7) is 0. The van der Waals surface area contributed by atoms with E-state index in [1.54, 1.807) is 18.2 Å². The minimum absolute atomic E-state index is 0.122. The Balaban J connectivity index is 1.76. The minimum atomic E-state index is -0.505. The van der Waals surface area contributed by atoms with Crippen LogP contribution in [0.2, 0.25) is 5.02 Å². The first kappa shape index (κ1) is 19.0. The smallest absolute Gasteiger partial charge is 0.225 e. The highest BCUT2D eigenvalue weighted by Gasteiger charge is 2.22. The van der Waals surface area contributed by atoms with E-state index < -0.39 is 6.04 Å². The van der Waals surface area contributed by atoms with E-state index in [1.165, 1.54) is 0 Å². The van der Waals surface area contributed by atoms with Gasteiger partial charge >= 0.3 is 0 Å². The highest BCUT2D eigenvalue weighted by molar-refractivity contribution is 6.30. The number of rotatable bonds is 5. The standard InChI is InChI=1S/C25H20ClNO2/c26-20-13-10-19(11-14-20)25(27-23(29)16-17-6-2-1-3-7-17)24-21-9-5-4-8-18(21)12-15-22(24)28/h1-15,25,28H,16H2,(H,27,29). The maximum atomic E-state index is 12.9. The van der Waals surface area contributed by atoms with Crippen molar-refractivity contribution < 1.29 is 9.90 Å². The topological polar surface area (TPSA) is 49.3 Å². The fourth-order valence-electron chi connectivity index (χ4n) is 3.56. The van der Waals surface area contributed by atoms with Crippen LogP contribution in [0.4, 0.5) is 0 Å². The SMILES string of the molecule is O=C(Cc1ccccc1)NC(c1ccc(Cl)cc1)c1c(O)ccc2ccccc12. The number of halogens is 1. The van der Waals surface area contributed by atoms with Gasteiger partial charge in [0.15, 0.2) is 0 Å². The predicted molar refractivity (Wildman–Crippen MR) is 117 cm³/mol. The van der Waals surface area contributed by atoms with Crippen LogP contribution in [0.5, 0.6) is 5.75 Å². The zero-order valence-corrected chi connectivity index (χ0v) is 16.4. The Kier molecular flexibility index (Phi) is 5.50. The first-order chi connectivity index (χ1) is 14.1. The van der Waals surface area contributed by atoms with Gasteiger partial charge in [-0.15, -0.1) is 0 Å². The summed E-state index contributed by atoms with van der Waals surface area (Å²) in [5.41, 5.74) is 2.45. The van der Waals surface area contributed by atoms with Gasteiger partial charge < -0.3 is 10.4 Å². The number of phenolic OH excluding ortho intramolecular Hbond substituents is 1. The Morgan fingerprint density at radius 1 is 0.862 bits per heavy atom. The molecule has 0 bridgehead atoms. The molecule has 0 radical (unpaired) electrons. The second kappa shape index (κ2) is 8.38. The van der Waals surface area contributed by atoms with Crippen LogP contribution in [-0.2, 0) is 11.2 Å². The van der Waals surface area contributed by atoms with Crippen molar-refractivity contribution in [3.63, 3.8) is 0 Å². The van der Waals surface area contributed by atoms with Crippen molar-refractivity contribution in [1.82, 2.24) is 5.32 Å². The second-order valence-electron chi connectivity index (χ2n) is 6.93. The molecule has 29 heavy (non-hydrogen) atoms. The second-order valence-corrected chi connectivity index (χ2v) is 7.37. The van der Waals surface area contributed by atoms with Gasteiger partial charge in [-0.1, -0.05) is 84.4 Å². The van der Waals surface area contributed by atoms with Crippen LogP contribution in [0.15, 0.2) is 91.0 Å². The van der Waals surface area contributed by atoms with Crippen LogP contribution in [0.25, 0.3) is 10.8 Å². The van der Waals surface area contributed by atoms with E-state index >= 15 is 0 Å². The summed E-state index contributed by atoms with van der Waals surface area (Å²) in [5, 5.41) is 16.3. The lowest BCUT2D eigenvalue weighted by Crippen LogP contribution is -2.30. The molecule has 0 heterocycles. The van der Waals surface area contributed by atoms with E-state index in [2.05, 4.69) is 5.32 Å². The van der Waals surface area contributed by atoms with Crippen LogP contribution < -0.4 is 5.32 Å². The van der Waals surface area contributed by atoms with Crippen molar-refractivity contribution in [2.75, 3.05) is 0 Å². The van der Waals surface area contributed by atoms with Gasteiger partial charge in [0.25, 0.3) is 0 Å². The average molecular weight is 402 g/mol. The van der Waals surface area contributed by atoms with Gasteiger partial charge in [-0.05, 0) is 40.1 Å². The largest absolute Gasteiger partial charge is 0.508 e. The number of fused-ring (bicyclic) bond motifs is 1. The van der Waals surface area contributed by atoms with Gasteiger partial charge in [0.2, 0.25) is 5.91 Å². The number of amides is 1. The zero-order chi connectivity index (χ0) is 20.2. The maximum Gasteiger partial charge on any atom is 0.225 e. The molecule has 0 fully saturated rings. The van der Waals surface area contributed by atoms with Gasteiger partial charge in [-0.3, -0.25) is 4.79 Å². The van der Waals surface area contributed by atoms with Gasteiger partial charge in [0, 0.05) is 10.6 Å². The highest BCUT2D eigenvalue weighted by atomic mass is 35.5. The molecule has 1 atom stereocenters. The first-order valence-electron chi connectivity index (χ1n) is 9.41. The molecule has 0 aromatic heterocycles. The van der Waals surface area contributed by atoms with E-state index in [0.717, 1.165) is 21.9 Å². The Morgan fingerprint density at radius 2 is 1.55 bits per heavy atom. The molecule has 4 aromatic carbocycles. The summed E-state index contributed by atoms with van der Waals surface area (Å²) in [6.07, 6.45) is 0.260. The van der Waals surface area contributed by atoms with Gasteiger partial charge in [-0.25, -0.2) is 0 Å². The fourth-order valence-corrected chi connectivity index (χ4v) is 3.68. The van der Waals surface area contributed by atoms with Gasteiger partial charge in [0.05, 0.1) is 12.5 Å². The van der Waals surface area contributed by atoms with Crippen molar-refractivity contribution in [3.05, 3.63) is 113 Å². The summed E-state index contributed by atoms with van der Waals surface area (Å²) in [6, 6.07) is 27.8. The summed E-state index contributed by atoms with van der Waals surface area (Å²) >= 11 is 6.07. The Labute approximate surface area is 174 Å². The lowest BCUT2D eigenvalue weighted by atomic mass is 9.92. The molecule has 2 N–H and O–H groups in total. The van der Waals surface area contributed by atoms with Crippen LogP contribution in [0, 0.1) is 0 Å². The monoisotopic (exact) mass is 401 g/mol. The van der Waals surface area contributed by atoms with Crippen LogP contribution in [0.3, 0.4) is 0 Å². The number of nitrogens with one attached hydrogen (secondary N) is 1. The third-order valence-corrected chi connectivity index (χ3v) is 5.20. The lowest BCUT2D eigenvalue weighted by molar-refractivity contribution is -0.120. The van der Waals surface area contributed by atoms with Crippen molar-refractivity contribution in [3.8, 4) is 5.75 Å². The lowest BCUT2D eigenvalue weighted by Gasteiger charge is -2.23. The zero-order valence-electron chi connectivity index (χ0n) is 15.7. The molecule has 4 rings (SSSR count). The fraction of sp³-hybridized carbons (Fsp3) is 0.0800. The number of benzene rings is 4. The van der Waals surface area contributed by atoms with Crippen molar-refractivity contribution in [1.29, 1.82) is 0 Å². The Bertz CT molecular complexity index is 1140. The molecular weight excluding hydrogens is 382 g/mol. The number of hydrogen-bond acceptors (Lipinski definition) is 2. The third-order valence-electron chi connectivity index (χ3n) is 4.95. The number of phenols is 1. The molecule has 4 aromatic rings. The molecule has 0 aliphatic heterocycles. The summed E-state index contributed by atoms with van der Waals surface area (Å²) < 4.78 is 0. The van der Waals surface area contributed by atoms with E-state index in [4.69, 9.17) is 11.6 Å². The van der Waals surface area contributed by atoms with Crippen molar-refractivity contribution in [2.45, 2.75) is 12.5 Å². The summed E-state index contributed by atoms with van der Waals surface area (Å²) in [5.74, 6) is 0.0205. The molecule has 0 saturated carbocycles. The van der Waals surface area contributed by atoms with E-state index in [-0.39, 0.29) is 18.1 Å². The number of hydrogen-bond donors (Lipinski definition) is 2. The number of carbonyl (C=O) groups excluding carboxylic acids is 1. The number of carbonyl (C=O) groups is 1. The predicted octanol–water partition coefficient (Wildman–Crippen LogP) is 5.65. The minimum Gasteiger partial charge on any atom is -0.508 e. The third kappa shape index (κ3) is 4.25. The van der Waals surface area contributed by atoms with Gasteiger partial charge in [0.1, 0.15) is 5.75 Å². The Hall–Kier alpha value is -3.30. The molecule has 0 aliphatic rings. The number of aromatic hydroxyl groups is 1. The summed E-state index contributed by atoms with van der Waals surface area (Å²) in [4.78, 5) is 12.9. The summed E-state index contributed by atoms with van der Waals surface area (Å²) in [7, 11) is 0. The maximum absolute atomic E-state index is 12.9. The molecule has 3 nitrogen and oxygen atoms in total.